The van der Waals surface area contributed by atoms with Crippen molar-refractivity contribution in [1.29, 1.82) is 0 Å². The fourth-order valence-corrected chi connectivity index (χ4v) is 6.30. The third-order valence-electron chi connectivity index (χ3n) is 5.53. The smallest absolute Gasteiger partial charge is 0.218 e. The van der Waals surface area contributed by atoms with Gasteiger partial charge in [-0.3, -0.25) is 0 Å². The highest BCUT2D eigenvalue weighted by Crippen LogP contribution is 2.29. The van der Waals surface area contributed by atoms with Crippen molar-refractivity contribution < 1.29 is 4.43 Å². The van der Waals surface area contributed by atoms with Crippen molar-refractivity contribution in [2.75, 3.05) is 0 Å². The SMILES string of the molecule is CC(C/C=C\c1cc2ccccc2c2ccccc12)O[Si](C)(C)c1ccccc1. The van der Waals surface area contributed by atoms with Gasteiger partial charge in [0.2, 0.25) is 8.32 Å². The number of fused-ring (bicyclic) bond motifs is 3. The molecule has 0 spiro atoms. The quantitative estimate of drug-likeness (QED) is 0.254. The summed E-state index contributed by atoms with van der Waals surface area (Å²) < 4.78 is 6.51. The average molecular weight is 397 g/mol. The molecule has 0 aliphatic rings. The van der Waals surface area contributed by atoms with Crippen LogP contribution in [0, 0.1) is 0 Å². The molecule has 0 saturated heterocycles. The van der Waals surface area contributed by atoms with Gasteiger partial charge in [0.05, 0.1) is 0 Å². The molecule has 146 valence electrons. The van der Waals surface area contributed by atoms with Crippen molar-refractivity contribution in [3.05, 3.63) is 96.6 Å². The Labute approximate surface area is 174 Å². The summed E-state index contributed by atoms with van der Waals surface area (Å²) in [6.45, 7) is 6.74. The molecule has 0 amide bonds. The van der Waals surface area contributed by atoms with Gasteiger partial charge in [0.25, 0.3) is 0 Å². The van der Waals surface area contributed by atoms with E-state index < -0.39 is 8.32 Å². The Balaban J connectivity index is 1.54. The van der Waals surface area contributed by atoms with Crippen LogP contribution < -0.4 is 5.19 Å². The first-order valence-corrected chi connectivity index (χ1v) is 13.3. The molecular weight excluding hydrogens is 368 g/mol. The standard InChI is InChI=1S/C27H28OSi/c1-21(28-29(2,3)24-15-5-4-6-16-24)12-11-14-23-20-22-13-7-8-17-25(22)27-19-10-9-18-26(23)27/h4-11,13-21H,12H2,1-3H3/b14-11-. The van der Waals surface area contributed by atoms with Gasteiger partial charge in [-0.1, -0.05) is 91.0 Å². The van der Waals surface area contributed by atoms with Crippen molar-refractivity contribution in [2.45, 2.75) is 32.5 Å². The Kier molecular flexibility index (Phi) is 5.66. The molecular formula is C27H28OSi. The lowest BCUT2D eigenvalue weighted by Gasteiger charge is -2.27. The minimum atomic E-state index is -1.89. The van der Waals surface area contributed by atoms with Crippen molar-refractivity contribution in [3.8, 4) is 0 Å². The van der Waals surface area contributed by atoms with Gasteiger partial charge in [-0.05, 0) is 64.8 Å². The molecule has 0 radical (unpaired) electrons. The summed E-state index contributed by atoms with van der Waals surface area (Å²) in [5.41, 5.74) is 1.27. The third kappa shape index (κ3) is 4.34. The Morgan fingerprint density at radius 3 is 2.17 bits per heavy atom. The van der Waals surface area contributed by atoms with Gasteiger partial charge in [-0.15, -0.1) is 0 Å². The van der Waals surface area contributed by atoms with E-state index >= 15 is 0 Å². The zero-order valence-corrected chi connectivity index (χ0v) is 18.4. The van der Waals surface area contributed by atoms with Gasteiger partial charge >= 0.3 is 0 Å². The van der Waals surface area contributed by atoms with Crippen molar-refractivity contribution >= 4 is 41.1 Å². The number of hydrogen-bond donors (Lipinski definition) is 0. The van der Waals surface area contributed by atoms with Crippen molar-refractivity contribution in [1.82, 2.24) is 0 Å². The first kappa shape index (κ1) is 19.6. The maximum Gasteiger partial charge on any atom is 0.218 e. The summed E-state index contributed by atoms with van der Waals surface area (Å²) >= 11 is 0. The molecule has 2 heteroatoms. The van der Waals surface area contributed by atoms with Crippen LogP contribution in [0.4, 0.5) is 0 Å². The molecule has 0 bridgehead atoms. The molecule has 0 aliphatic heterocycles. The van der Waals surface area contributed by atoms with E-state index in [9.17, 15) is 0 Å². The zero-order chi connectivity index (χ0) is 20.3. The van der Waals surface area contributed by atoms with Crippen LogP contribution in [0.25, 0.3) is 27.6 Å². The summed E-state index contributed by atoms with van der Waals surface area (Å²) in [5, 5.41) is 6.55. The summed E-state index contributed by atoms with van der Waals surface area (Å²) in [4.78, 5) is 0. The van der Waals surface area contributed by atoms with E-state index in [1.54, 1.807) is 0 Å². The van der Waals surface area contributed by atoms with Gasteiger partial charge in [-0.25, -0.2) is 0 Å². The first-order valence-electron chi connectivity index (χ1n) is 10.3. The van der Waals surface area contributed by atoms with Crippen LogP contribution in [-0.4, -0.2) is 14.4 Å². The lowest BCUT2D eigenvalue weighted by atomic mass is 9.97. The van der Waals surface area contributed by atoms with Gasteiger partial charge < -0.3 is 4.43 Å². The second-order valence-electron chi connectivity index (χ2n) is 8.18. The largest absolute Gasteiger partial charge is 0.410 e. The number of hydrogen-bond acceptors (Lipinski definition) is 1. The Bertz CT molecular complexity index is 1140. The van der Waals surface area contributed by atoms with Crippen LogP contribution >= 0.6 is 0 Å². The lowest BCUT2D eigenvalue weighted by Crippen LogP contribution is -2.46. The summed E-state index contributed by atoms with van der Waals surface area (Å²) in [5.74, 6) is 0. The van der Waals surface area contributed by atoms with Crippen LogP contribution in [0.1, 0.15) is 18.9 Å². The van der Waals surface area contributed by atoms with Crippen LogP contribution in [0.5, 0.6) is 0 Å². The van der Waals surface area contributed by atoms with Crippen molar-refractivity contribution in [2.24, 2.45) is 0 Å². The highest BCUT2D eigenvalue weighted by Gasteiger charge is 2.26. The van der Waals surface area contributed by atoms with E-state index in [1.165, 1.54) is 32.3 Å². The second-order valence-corrected chi connectivity index (χ2v) is 12.0. The molecule has 29 heavy (non-hydrogen) atoms. The van der Waals surface area contributed by atoms with Gasteiger partial charge in [-0.2, -0.15) is 0 Å². The molecule has 0 N–H and O–H groups in total. The molecule has 0 fully saturated rings. The molecule has 4 rings (SSSR count). The van der Waals surface area contributed by atoms with E-state index in [1.807, 2.05) is 0 Å². The minimum absolute atomic E-state index is 0.194. The highest BCUT2D eigenvalue weighted by atomic mass is 28.4. The van der Waals surface area contributed by atoms with Gasteiger partial charge in [0.15, 0.2) is 0 Å². The first-order chi connectivity index (χ1) is 14.0. The fourth-order valence-electron chi connectivity index (χ4n) is 4.07. The summed E-state index contributed by atoms with van der Waals surface area (Å²) in [6.07, 6.45) is 5.62. The van der Waals surface area contributed by atoms with Gasteiger partial charge in [0, 0.05) is 6.10 Å². The van der Waals surface area contributed by atoms with E-state index in [0.29, 0.717) is 0 Å². The molecule has 0 aliphatic carbocycles. The van der Waals surface area contributed by atoms with Crippen molar-refractivity contribution in [3.63, 3.8) is 0 Å². The molecule has 0 saturated carbocycles. The van der Waals surface area contributed by atoms with E-state index in [4.69, 9.17) is 4.43 Å². The Hall–Kier alpha value is -2.68. The topological polar surface area (TPSA) is 9.23 Å². The molecule has 1 unspecified atom stereocenters. The van der Waals surface area contributed by atoms with E-state index in [2.05, 4.69) is 117 Å². The van der Waals surface area contributed by atoms with Gasteiger partial charge in [0.1, 0.15) is 0 Å². The molecule has 0 aromatic heterocycles. The van der Waals surface area contributed by atoms with E-state index in [-0.39, 0.29) is 6.10 Å². The molecule has 4 aromatic rings. The summed E-state index contributed by atoms with van der Waals surface area (Å²) in [7, 11) is -1.89. The number of benzene rings is 4. The Morgan fingerprint density at radius 2 is 1.41 bits per heavy atom. The molecule has 1 atom stereocenters. The lowest BCUT2D eigenvalue weighted by molar-refractivity contribution is 0.221. The predicted octanol–water partition coefficient (Wildman–Crippen LogP) is 6.91. The summed E-state index contributed by atoms with van der Waals surface area (Å²) in [6, 6.07) is 30.2. The zero-order valence-electron chi connectivity index (χ0n) is 17.4. The average Bonchev–Trinajstić information content (AvgIpc) is 2.74. The Morgan fingerprint density at radius 1 is 0.793 bits per heavy atom. The van der Waals surface area contributed by atoms with E-state index in [0.717, 1.165) is 6.42 Å². The van der Waals surface area contributed by atoms with Crippen LogP contribution in [0.15, 0.2) is 91.0 Å². The third-order valence-corrected chi connectivity index (χ3v) is 8.25. The maximum atomic E-state index is 6.51. The molecule has 1 nitrogen and oxygen atoms in total. The molecule has 4 aromatic carbocycles. The number of rotatable bonds is 6. The maximum absolute atomic E-state index is 6.51. The second kappa shape index (κ2) is 8.36. The van der Waals surface area contributed by atoms with Crippen LogP contribution in [0.2, 0.25) is 13.1 Å². The highest BCUT2D eigenvalue weighted by molar-refractivity contribution is 6.84. The predicted molar refractivity (Wildman–Crippen MR) is 129 cm³/mol. The normalized spacial score (nSPS) is 13.3. The van der Waals surface area contributed by atoms with Crippen LogP contribution in [-0.2, 0) is 4.43 Å². The minimum Gasteiger partial charge on any atom is -0.410 e. The fraction of sp³-hybridized carbons (Fsp3) is 0.185. The van der Waals surface area contributed by atoms with Crippen LogP contribution in [0.3, 0.4) is 0 Å². The monoisotopic (exact) mass is 396 g/mol. The molecule has 0 heterocycles.